The van der Waals surface area contributed by atoms with Gasteiger partial charge >= 0.3 is 0 Å². The molecule has 0 aliphatic heterocycles. The molecule has 0 spiro atoms. The Bertz CT molecular complexity index is 380. The minimum absolute atomic E-state index is 0.587. The zero-order valence-electron chi connectivity index (χ0n) is 11.4. The van der Waals surface area contributed by atoms with Gasteiger partial charge in [-0.25, -0.2) is 0 Å². The zero-order chi connectivity index (χ0) is 13.5. The topological polar surface area (TPSA) is 47.3 Å². The van der Waals surface area contributed by atoms with Crippen LogP contribution in [0.2, 0.25) is 5.02 Å². The molecular formula is C14H23ClN2O. The third kappa shape index (κ3) is 5.15. The van der Waals surface area contributed by atoms with Crippen molar-refractivity contribution in [2.45, 2.75) is 27.2 Å². The Labute approximate surface area is 115 Å². The Hall–Kier alpha value is -0.930. The summed E-state index contributed by atoms with van der Waals surface area (Å²) in [5, 5.41) is 3.89. The first-order valence-electron chi connectivity index (χ1n) is 6.38. The first kappa shape index (κ1) is 15.1. The molecule has 1 aromatic rings. The highest BCUT2D eigenvalue weighted by Gasteiger charge is 2.03. The van der Waals surface area contributed by atoms with Crippen LogP contribution in [0.25, 0.3) is 0 Å². The molecule has 3 nitrogen and oxygen atoms in total. The van der Waals surface area contributed by atoms with Crippen LogP contribution in [0.15, 0.2) is 12.1 Å². The van der Waals surface area contributed by atoms with Gasteiger partial charge in [0.2, 0.25) is 0 Å². The van der Waals surface area contributed by atoms with Gasteiger partial charge in [0, 0.05) is 18.8 Å². The summed E-state index contributed by atoms with van der Waals surface area (Å²) in [6.07, 6.45) is 1.10. The first-order valence-corrected chi connectivity index (χ1v) is 6.75. The van der Waals surface area contributed by atoms with Gasteiger partial charge in [-0.05, 0) is 37.0 Å². The predicted molar refractivity (Wildman–Crippen MR) is 79.4 cm³/mol. The van der Waals surface area contributed by atoms with Gasteiger partial charge in [-0.2, -0.15) is 0 Å². The Balaban J connectivity index is 2.29. The lowest BCUT2D eigenvalue weighted by molar-refractivity contribution is 0.132. The van der Waals surface area contributed by atoms with Crippen molar-refractivity contribution in [3.05, 3.63) is 22.7 Å². The number of aryl methyl sites for hydroxylation is 1. The average Bonchev–Trinajstić information content (AvgIpc) is 2.29. The van der Waals surface area contributed by atoms with Crippen LogP contribution in [0.1, 0.15) is 25.8 Å². The van der Waals surface area contributed by atoms with Crippen molar-refractivity contribution in [3.8, 4) is 0 Å². The van der Waals surface area contributed by atoms with Crippen LogP contribution >= 0.6 is 11.6 Å². The van der Waals surface area contributed by atoms with Crippen LogP contribution in [0.5, 0.6) is 0 Å². The molecule has 0 saturated heterocycles. The number of hydrogen-bond acceptors (Lipinski definition) is 3. The highest BCUT2D eigenvalue weighted by atomic mass is 35.5. The van der Waals surface area contributed by atoms with E-state index < -0.39 is 0 Å². The number of ether oxygens (including phenoxy) is 1. The van der Waals surface area contributed by atoms with Gasteiger partial charge in [-0.1, -0.05) is 25.4 Å². The lowest BCUT2D eigenvalue weighted by atomic mass is 10.1. The number of nitrogens with one attached hydrogen (secondary N) is 1. The smallest absolute Gasteiger partial charge is 0.0656 e. The molecule has 3 N–H and O–H groups in total. The third-order valence-electron chi connectivity index (χ3n) is 2.75. The SMILES string of the molecule is Cc1cc(N)c(Cl)cc1NCCOCCC(C)C. The lowest BCUT2D eigenvalue weighted by Crippen LogP contribution is -2.11. The summed E-state index contributed by atoms with van der Waals surface area (Å²) >= 11 is 5.99. The minimum atomic E-state index is 0.587. The predicted octanol–water partition coefficient (Wildman–Crippen LogP) is 3.71. The molecule has 0 unspecified atom stereocenters. The van der Waals surface area contributed by atoms with E-state index in [1.54, 1.807) is 0 Å². The number of benzene rings is 1. The van der Waals surface area contributed by atoms with Gasteiger partial charge in [0.25, 0.3) is 0 Å². The van der Waals surface area contributed by atoms with Gasteiger partial charge in [-0.3, -0.25) is 0 Å². The van der Waals surface area contributed by atoms with Crippen molar-refractivity contribution in [1.82, 2.24) is 0 Å². The number of hydrogen-bond donors (Lipinski definition) is 2. The molecule has 0 saturated carbocycles. The molecular weight excluding hydrogens is 248 g/mol. The normalized spacial score (nSPS) is 10.9. The molecule has 18 heavy (non-hydrogen) atoms. The van der Waals surface area contributed by atoms with Crippen LogP contribution in [-0.4, -0.2) is 19.8 Å². The van der Waals surface area contributed by atoms with E-state index in [1.165, 1.54) is 0 Å². The fourth-order valence-electron chi connectivity index (χ4n) is 1.57. The highest BCUT2D eigenvalue weighted by Crippen LogP contribution is 2.26. The van der Waals surface area contributed by atoms with Crippen LogP contribution < -0.4 is 11.1 Å². The van der Waals surface area contributed by atoms with E-state index in [1.807, 2.05) is 19.1 Å². The van der Waals surface area contributed by atoms with Crippen LogP contribution in [-0.2, 0) is 4.74 Å². The quantitative estimate of drug-likeness (QED) is 0.587. The van der Waals surface area contributed by atoms with Crippen molar-refractivity contribution in [1.29, 1.82) is 0 Å². The van der Waals surface area contributed by atoms with Gasteiger partial charge < -0.3 is 15.8 Å². The summed E-state index contributed by atoms with van der Waals surface area (Å²) in [6.45, 7) is 8.70. The summed E-state index contributed by atoms with van der Waals surface area (Å²) in [5.74, 6) is 0.691. The Morgan fingerprint density at radius 3 is 2.72 bits per heavy atom. The summed E-state index contributed by atoms with van der Waals surface area (Å²) in [5.41, 5.74) is 8.46. The summed E-state index contributed by atoms with van der Waals surface area (Å²) in [6, 6.07) is 3.74. The van der Waals surface area contributed by atoms with Crippen molar-refractivity contribution in [3.63, 3.8) is 0 Å². The lowest BCUT2D eigenvalue weighted by Gasteiger charge is -2.12. The summed E-state index contributed by atoms with van der Waals surface area (Å²) < 4.78 is 5.54. The zero-order valence-corrected chi connectivity index (χ0v) is 12.2. The average molecular weight is 271 g/mol. The highest BCUT2D eigenvalue weighted by molar-refractivity contribution is 6.33. The molecule has 0 radical (unpaired) electrons. The molecule has 0 aliphatic carbocycles. The van der Waals surface area contributed by atoms with Crippen LogP contribution in [0.4, 0.5) is 11.4 Å². The van der Waals surface area contributed by atoms with E-state index in [-0.39, 0.29) is 0 Å². The van der Waals surface area contributed by atoms with E-state index in [9.17, 15) is 0 Å². The fourth-order valence-corrected chi connectivity index (χ4v) is 1.74. The van der Waals surface area contributed by atoms with E-state index in [2.05, 4.69) is 19.2 Å². The maximum Gasteiger partial charge on any atom is 0.0656 e. The third-order valence-corrected chi connectivity index (χ3v) is 3.07. The van der Waals surface area contributed by atoms with E-state index in [0.29, 0.717) is 23.2 Å². The van der Waals surface area contributed by atoms with Gasteiger partial charge in [-0.15, -0.1) is 0 Å². The molecule has 1 aromatic carbocycles. The van der Waals surface area contributed by atoms with E-state index >= 15 is 0 Å². The molecule has 0 amide bonds. The number of halogens is 1. The van der Waals surface area contributed by atoms with Gasteiger partial charge in [0.15, 0.2) is 0 Å². The minimum Gasteiger partial charge on any atom is -0.398 e. The fraction of sp³-hybridized carbons (Fsp3) is 0.571. The molecule has 0 aliphatic rings. The van der Waals surface area contributed by atoms with E-state index in [0.717, 1.165) is 30.8 Å². The first-order chi connectivity index (χ1) is 8.50. The Kier molecular flexibility index (Phi) is 6.30. The standard InChI is InChI=1S/C14H23ClN2O/c1-10(2)4-6-18-7-5-17-14-9-12(15)13(16)8-11(14)3/h8-10,17H,4-7,16H2,1-3H3. The Morgan fingerprint density at radius 1 is 1.33 bits per heavy atom. The molecule has 102 valence electrons. The molecule has 1 rings (SSSR count). The monoisotopic (exact) mass is 270 g/mol. The molecule has 0 aromatic heterocycles. The van der Waals surface area contributed by atoms with Crippen LogP contribution in [0, 0.1) is 12.8 Å². The number of rotatable bonds is 7. The van der Waals surface area contributed by atoms with Gasteiger partial charge in [0.05, 0.1) is 17.3 Å². The molecule has 0 bridgehead atoms. The second kappa shape index (κ2) is 7.49. The van der Waals surface area contributed by atoms with Crippen molar-refractivity contribution in [2.75, 3.05) is 30.8 Å². The second-order valence-electron chi connectivity index (χ2n) is 4.91. The largest absolute Gasteiger partial charge is 0.398 e. The van der Waals surface area contributed by atoms with Crippen molar-refractivity contribution >= 4 is 23.0 Å². The molecule has 0 fully saturated rings. The van der Waals surface area contributed by atoms with Crippen LogP contribution in [0.3, 0.4) is 0 Å². The van der Waals surface area contributed by atoms with Gasteiger partial charge in [0.1, 0.15) is 0 Å². The maximum absolute atomic E-state index is 5.99. The Morgan fingerprint density at radius 2 is 2.06 bits per heavy atom. The number of nitrogen functional groups attached to an aromatic ring is 1. The van der Waals surface area contributed by atoms with Crippen molar-refractivity contribution in [2.24, 2.45) is 5.92 Å². The molecule has 0 atom stereocenters. The van der Waals surface area contributed by atoms with E-state index in [4.69, 9.17) is 22.1 Å². The molecule has 0 heterocycles. The number of nitrogens with two attached hydrogens (primary N) is 1. The molecule has 4 heteroatoms. The summed E-state index contributed by atoms with van der Waals surface area (Å²) in [4.78, 5) is 0. The van der Waals surface area contributed by atoms with Crippen molar-refractivity contribution < 1.29 is 4.74 Å². The number of anilines is 2. The maximum atomic E-state index is 5.99. The second-order valence-corrected chi connectivity index (χ2v) is 5.32. The summed E-state index contributed by atoms with van der Waals surface area (Å²) in [7, 11) is 0.